The Kier molecular flexibility index (Phi) is 3.46. The van der Waals surface area contributed by atoms with Crippen molar-refractivity contribution in [2.75, 3.05) is 12.3 Å². The number of hydrogen-bond donors (Lipinski definition) is 5. The number of nitrogens with zero attached hydrogens (tertiary/aromatic N) is 4. The van der Waals surface area contributed by atoms with Crippen molar-refractivity contribution in [3.63, 3.8) is 0 Å². The number of nitrogen functional groups attached to an aromatic ring is 1. The van der Waals surface area contributed by atoms with Crippen LogP contribution in [-0.4, -0.2) is 65.0 Å². The van der Waals surface area contributed by atoms with Gasteiger partial charge in [0.15, 0.2) is 6.23 Å². The first-order valence-electron chi connectivity index (χ1n) is 7.34. The van der Waals surface area contributed by atoms with Crippen LogP contribution in [0.2, 0.25) is 0 Å². The number of aromatic amines is 1. The lowest BCUT2D eigenvalue weighted by Crippen LogP contribution is -2.33. The number of nitrogens with two attached hydrogens (primary N) is 1. The number of ether oxygens (including phenoxy) is 1. The Balaban J connectivity index is 1.90. The molecule has 0 saturated carbocycles. The van der Waals surface area contributed by atoms with Gasteiger partial charge >= 0.3 is 0 Å². The lowest BCUT2D eigenvalue weighted by molar-refractivity contribution is -0.0508. The van der Waals surface area contributed by atoms with Crippen LogP contribution in [0.15, 0.2) is 24.9 Å². The van der Waals surface area contributed by atoms with Crippen molar-refractivity contribution in [1.29, 1.82) is 0 Å². The van der Waals surface area contributed by atoms with E-state index >= 15 is 0 Å². The second-order valence-corrected chi connectivity index (χ2v) is 5.62. The Morgan fingerprint density at radius 2 is 2.12 bits per heavy atom. The highest BCUT2D eigenvalue weighted by molar-refractivity contribution is 6.00. The van der Waals surface area contributed by atoms with Crippen molar-refractivity contribution >= 4 is 16.9 Å². The minimum atomic E-state index is -1.22. The zero-order chi connectivity index (χ0) is 16.8. The molecule has 0 bridgehead atoms. The molecular formula is C14H16N6O4. The summed E-state index contributed by atoms with van der Waals surface area (Å²) >= 11 is 0. The van der Waals surface area contributed by atoms with Gasteiger partial charge in [-0.1, -0.05) is 0 Å². The Morgan fingerprint density at radius 1 is 1.29 bits per heavy atom. The first-order valence-corrected chi connectivity index (χ1v) is 7.34. The van der Waals surface area contributed by atoms with Gasteiger partial charge in [-0.2, -0.15) is 5.10 Å². The van der Waals surface area contributed by atoms with E-state index < -0.39 is 31.1 Å². The molecule has 10 heteroatoms. The standard InChI is InChI=1S/C14H16N6O4/c15-12-9-7(6-1-18-19-2-6)3-20(13(9)17-5-16-12)14-11(23)10(22)8(4-21)24-14/h1-3,5,8,10-11,14,21-23H,4H2,(H,18,19)(H2,15,16,17)/t8-,10-,11-,14-/m1/s1. The zero-order valence-corrected chi connectivity index (χ0v) is 12.4. The van der Waals surface area contributed by atoms with Crippen LogP contribution in [-0.2, 0) is 4.74 Å². The molecule has 0 aliphatic carbocycles. The van der Waals surface area contributed by atoms with Gasteiger partial charge in [0.05, 0.1) is 18.2 Å². The number of rotatable bonds is 3. The van der Waals surface area contributed by atoms with E-state index in [-0.39, 0.29) is 5.82 Å². The molecule has 0 unspecified atom stereocenters. The molecule has 10 nitrogen and oxygen atoms in total. The number of fused-ring (bicyclic) bond motifs is 1. The highest BCUT2D eigenvalue weighted by Crippen LogP contribution is 2.37. The van der Waals surface area contributed by atoms with Crippen LogP contribution in [0, 0.1) is 0 Å². The van der Waals surface area contributed by atoms with E-state index in [9.17, 15) is 15.3 Å². The summed E-state index contributed by atoms with van der Waals surface area (Å²) in [5.41, 5.74) is 7.94. The molecule has 1 aliphatic rings. The second-order valence-electron chi connectivity index (χ2n) is 5.62. The maximum Gasteiger partial charge on any atom is 0.164 e. The van der Waals surface area contributed by atoms with Crippen molar-refractivity contribution in [2.24, 2.45) is 0 Å². The fourth-order valence-corrected chi connectivity index (χ4v) is 3.03. The van der Waals surface area contributed by atoms with E-state index in [0.717, 1.165) is 11.1 Å². The lowest BCUT2D eigenvalue weighted by atomic mass is 10.1. The molecule has 1 saturated heterocycles. The second kappa shape index (κ2) is 5.53. The number of H-pyrrole nitrogens is 1. The molecule has 3 aromatic heterocycles. The fraction of sp³-hybridized carbons (Fsp3) is 0.357. The maximum absolute atomic E-state index is 10.3. The van der Waals surface area contributed by atoms with Gasteiger partial charge in [-0.25, -0.2) is 9.97 Å². The Morgan fingerprint density at radius 3 is 2.79 bits per heavy atom. The summed E-state index contributed by atoms with van der Waals surface area (Å²) < 4.78 is 7.17. The van der Waals surface area contributed by atoms with Crippen LogP contribution in [0.25, 0.3) is 22.2 Å². The van der Waals surface area contributed by atoms with Gasteiger partial charge in [0.2, 0.25) is 0 Å². The smallest absolute Gasteiger partial charge is 0.164 e. The monoisotopic (exact) mass is 332 g/mol. The van der Waals surface area contributed by atoms with Crippen LogP contribution in [0.4, 0.5) is 5.82 Å². The number of aromatic nitrogens is 5. The van der Waals surface area contributed by atoms with E-state index in [4.69, 9.17) is 10.5 Å². The normalized spacial score (nSPS) is 27.1. The molecule has 4 atom stereocenters. The molecule has 6 N–H and O–H groups in total. The Bertz CT molecular complexity index is 864. The molecule has 126 valence electrons. The van der Waals surface area contributed by atoms with Gasteiger partial charge in [-0.05, 0) is 0 Å². The zero-order valence-electron chi connectivity index (χ0n) is 12.4. The third kappa shape index (κ3) is 2.08. The van der Waals surface area contributed by atoms with Crippen molar-refractivity contribution in [3.05, 3.63) is 24.9 Å². The van der Waals surface area contributed by atoms with Crippen molar-refractivity contribution in [1.82, 2.24) is 24.7 Å². The summed E-state index contributed by atoms with van der Waals surface area (Å²) in [5, 5.41) is 36.8. The van der Waals surface area contributed by atoms with Crippen LogP contribution >= 0.6 is 0 Å². The van der Waals surface area contributed by atoms with Gasteiger partial charge < -0.3 is 30.4 Å². The van der Waals surface area contributed by atoms with Crippen LogP contribution in [0.5, 0.6) is 0 Å². The van der Waals surface area contributed by atoms with Crippen molar-refractivity contribution in [2.45, 2.75) is 24.5 Å². The summed E-state index contributed by atoms with van der Waals surface area (Å²) in [7, 11) is 0. The number of hydrogen-bond acceptors (Lipinski definition) is 8. The summed E-state index contributed by atoms with van der Waals surface area (Å²) in [4.78, 5) is 8.25. The van der Waals surface area contributed by atoms with E-state index in [1.165, 1.54) is 6.33 Å². The van der Waals surface area contributed by atoms with Crippen molar-refractivity contribution in [3.8, 4) is 11.1 Å². The third-order valence-electron chi connectivity index (χ3n) is 4.24. The van der Waals surface area contributed by atoms with Gasteiger partial charge in [0, 0.05) is 23.5 Å². The van der Waals surface area contributed by atoms with Crippen LogP contribution in [0.3, 0.4) is 0 Å². The maximum atomic E-state index is 10.3. The molecule has 1 fully saturated rings. The molecule has 1 aliphatic heterocycles. The highest BCUT2D eigenvalue weighted by Gasteiger charge is 2.44. The van der Waals surface area contributed by atoms with Crippen molar-refractivity contribution < 1.29 is 20.1 Å². The molecule has 3 aromatic rings. The Labute approximate surface area is 135 Å². The molecule has 24 heavy (non-hydrogen) atoms. The fourth-order valence-electron chi connectivity index (χ4n) is 3.03. The van der Waals surface area contributed by atoms with Crippen LogP contribution in [0.1, 0.15) is 6.23 Å². The topological polar surface area (TPSA) is 155 Å². The number of aliphatic hydroxyl groups excluding tert-OH is 3. The summed E-state index contributed by atoms with van der Waals surface area (Å²) in [5.74, 6) is 0.279. The van der Waals surface area contributed by atoms with Gasteiger partial charge in [-0.3, -0.25) is 5.10 Å². The van der Waals surface area contributed by atoms with E-state index in [1.807, 2.05) is 0 Å². The summed E-state index contributed by atoms with van der Waals surface area (Å²) in [6, 6.07) is 0. The average molecular weight is 332 g/mol. The van der Waals surface area contributed by atoms with E-state index in [2.05, 4.69) is 20.2 Å². The number of aliphatic hydroxyl groups is 3. The molecule has 4 rings (SSSR count). The molecule has 0 amide bonds. The summed E-state index contributed by atoms with van der Waals surface area (Å²) in [6.45, 7) is -0.403. The lowest BCUT2D eigenvalue weighted by Gasteiger charge is -2.17. The predicted octanol–water partition coefficient (Wildman–Crippen LogP) is -0.985. The number of anilines is 1. The largest absolute Gasteiger partial charge is 0.394 e. The van der Waals surface area contributed by atoms with Gasteiger partial charge in [0.1, 0.15) is 36.1 Å². The highest BCUT2D eigenvalue weighted by atomic mass is 16.6. The first-order chi connectivity index (χ1) is 11.6. The molecule has 0 aromatic carbocycles. The summed E-state index contributed by atoms with van der Waals surface area (Å²) in [6.07, 6.45) is 2.15. The minimum Gasteiger partial charge on any atom is -0.394 e. The Hall–Kier alpha value is -2.53. The molecule has 4 heterocycles. The van der Waals surface area contributed by atoms with Gasteiger partial charge in [-0.15, -0.1) is 0 Å². The number of nitrogens with one attached hydrogen (secondary N) is 1. The van der Waals surface area contributed by atoms with E-state index in [1.54, 1.807) is 23.2 Å². The van der Waals surface area contributed by atoms with Crippen LogP contribution < -0.4 is 5.73 Å². The molecule has 0 spiro atoms. The average Bonchev–Trinajstić information content (AvgIpc) is 3.28. The third-order valence-corrected chi connectivity index (χ3v) is 4.24. The van der Waals surface area contributed by atoms with Gasteiger partial charge in [0.25, 0.3) is 0 Å². The SMILES string of the molecule is Nc1ncnc2c1c(-c1cn[nH]c1)cn2[C@@H]1O[C@H](CO)[C@@H](O)[C@H]1O. The minimum absolute atomic E-state index is 0.279. The molecule has 0 radical (unpaired) electrons. The first kappa shape index (κ1) is 15.0. The molecular weight excluding hydrogens is 316 g/mol. The quantitative estimate of drug-likeness (QED) is 0.409. The predicted molar refractivity (Wildman–Crippen MR) is 82.5 cm³/mol. The van der Waals surface area contributed by atoms with E-state index in [0.29, 0.717) is 11.0 Å².